The number of fused-ring (bicyclic) bond motifs is 2. The predicted molar refractivity (Wildman–Crippen MR) is 77.0 cm³/mol. The molecule has 0 unspecified atom stereocenters. The van der Waals surface area contributed by atoms with Crippen molar-refractivity contribution in [3.8, 4) is 0 Å². The van der Waals surface area contributed by atoms with Gasteiger partial charge < -0.3 is 9.13 Å². The van der Waals surface area contributed by atoms with Crippen LogP contribution < -0.4 is 0 Å². The molecule has 20 heavy (non-hydrogen) atoms. The summed E-state index contributed by atoms with van der Waals surface area (Å²) in [5.41, 5.74) is 2.86. The van der Waals surface area contributed by atoms with Gasteiger partial charge >= 0.3 is 0 Å². The predicted octanol–water partition coefficient (Wildman–Crippen LogP) is 1.94. The van der Waals surface area contributed by atoms with E-state index in [1.54, 1.807) is 18.9 Å². The highest BCUT2D eigenvalue weighted by Gasteiger charge is 1.96. The molecule has 0 amide bonds. The topological polar surface area (TPSA) is 61.4 Å². The molecule has 4 aromatic rings. The zero-order chi connectivity index (χ0) is 13.9. The van der Waals surface area contributed by atoms with Gasteiger partial charge in [-0.3, -0.25) is 0 Å². The maximum Gasteiger partial charge on any atom is 0.159 e. The summed E-state index contributed by atoms with van der Waals surface area (Å²) >= 11 is 0. The van der Waals surface area contributed by atoms with Gasteiger partial charge in [0.05, 0.1) is 6.33 Å². The normalized spacial score (nSPS) is 10.5. The SMILES string of the molecule is Cn1ccc2cncnc21.Cn1cnc2cccnc21. The van der Waals surface area contributed by atoms with Crippen LogP contribution in [0.25, 0.3) is 22.2 Å². The second-order valence-corrected chi connectivity index (χ2v) is 4.43. The number of nitrogens with zero attached hydrogens (tertiary/aromatic N) is 6. The molecule has 0 atom stereocenters. The Morgan fingerprint density at radius 3 is 2.65 bits per heavy atom. The van der Waals surface area contributed by atoms with Gasteiger partial charge in [-0.15, -0.1) is 0 Å². The van der Waals surface area contributed by atoms with E-state index in [1.807, 2.05) is 53.8 Å². The molecule has 4 heterocycles. The standard InChI is InChI=1S/2C7H7N3/c1-10-3-2-6-4-8-5-9-7(6)10;1-10-5-9-6-3-2-4-8-7(6)10/h2*2-5H,1H3. The average Bonchev–Trinajstić information content (AvgIpc) is 3.05. The Morgan fingerprint density at radius 1 is 0.950 bits per heavy atom. The lowest BCUT2D eigenvalue weighted by atomic mass is 10.4. The quantitative estimate of drug-likeness (QED) is 0.488. The molecule has 6 nitrogen and oxygen atoms in total. The molecule has 0 saturated carbocycles. The van der Waals surface area contributed by atoms with E-state index >= 15 is 0 Å². The van der Waals surface area contributed by atoms with Gasteiger partial charge in [-0.2, -0.15) is 0 Å². The highest BCUT2D eigenvalue weighted by molar-refractivity contribution is 5.74. The molecule has 0 aromatic carbocycles. The lowest BCUT2D eigenvalue weighted by molar-refractivity contribution is 0.931. The first kappa shape index (κ1) is 12.3. The van der Waals surface area contributed by atoms with E-state index in [4.69, 9.17) is 0 Å². The van der Waals surface area contributed by atoms with Crippen molar-refractivity contribution in [3.63, 3.8) is 0 Å². The van der Waals surface area contributed by atoms with E-state index in [1.165, 1.54) is 0 Å². The van der Waals surface area contributed by atoms with Crippen molar-refractivity contribution in [2.75, 3.05) is 0 Å². The highest BCUT2D eigenvalue weighted by Crippen LogP contribution is 2.08. The van der Waals surface area contributed by atoms with Gasteiger partial charge in [-0.05, 0) is 18.2 Å². The number of pyridine rings is 1. The Morgan fingerprint density at radius 2 is 1.85 bits per heavy atom. The molecule has 0 aliphatic carbocycles. The van der Waals surface area contributed by atoms with Crippen molar-refractivity contribution >= 4 is 22.2 Å². The lowest BCUT2D eigenvalue weighted by Gasteiger charge is -1.90. The maximum atomic E-state index is 4.14. The minimum Gasteiger partial charge on any atom is -0.335 e. The number of hydrogen-bond donors (Lipinski definition) is 0. The van der Waals surface area contributed by atoms with Crippen LogP contribution >= 0.6 is 0 Å². The molecule has 6 heteroatoms. The minimum absolute atomic E-state index is 0.933. The van der Waals surface area contributed by atoms with Crippen LogP contribution in [0.5, 0.6) is 0 Å². The van der Waals surface area contributed by atoms with Gasteiger partial charge in [0.25, 0.3) is 0 Å². The second-order valence-electron chi connectivity index (χ2n) is 4.43. The Kier molecular flexibility index (Phi) is 3.12. The molecule has 100 valence electrons. The van der Waals surface area contributed by atoms with Crippen molar-refractivity contribution < 1.29 is 0 Å². The molecule has 0 bridgehead atoms. The molecule has 4 aromatic heterocycles. The van der Waals surface area contributed by atoms with Gasteiger partial charge in [-0.1, -0.05) is 0 Å². The number of imidazole rings is 1. The summed E-state index contributed by atoms with van der Waals surface area (Å²) in [6, 6.07) is 5.83. The summed E-state index contributed by atoms with van der Waals surface area (Å²) < 4.78 is 3.87. The van der Waals surface area contributed by atoms with E-state index in [0.29, 0.717) is 0 Å². The van der Waals surface area contributed by atoms with Gasteiger partial charge in [0, 0.05) is 38.1 Å². The smallest absolute Gasteiger partial charge is 0.159 e. The zero-order valence-electron chi connectivity index (χ0n) is 11.3. The van der Waals surface area contributed by atoms with Gasteiger partial charge in [0.15, 0.2) is 5.65 Å². The minimum atomic E-state index is 0.933. The summed E-state index contributed by atoms with van der Waals surface area (Å²) in [5.74, 6) is 0. The molecule has 0 N–H and O–H groups in total. The Hall–Kier alpha value is -2.76. The highest BCUT2D eigenvalue weighted by atomic mass is 15.1. The lowest BCUT2D eigenvalue weighted by Crippen LogP contribution is -1.86. The van der Waals surface area contributed by atoms with E-state index in [-0.39, 0.29) is 0 Å². The van der Waals surface area contributed by atoms with Crippen LogP contribution in [0.3, 0.4) is 0 Å². The molecular weight excluding hydrogens is 252 g/mol. The third-order valence-corrected chi connectivity index (χ3v) is 3.00. The molecule has 0 fully saturated rings. The van der Waals surface area contributed by atoms with Crippen LogP contribution in [0.4, 0.5) is 0 Å². The van der Waals surface area contributed by atoms with Gasteiger partial charge in [0.2, 0.25) is 0 Å². The third kappa shape index (κ3) is 2.23. The first-order chi connectivity index (χ1) is 9.75. The summed E-state index contributed by atoms with van der Waals surface area (Å²) in [6.07, 6.45) is 8.87. The van der Waals surface area contributed by atoms with Gasteiger partial charge in [-0.25, -0.2) is 19.9 Å². The summed E-state index contributed by atoms with van der Waals surface area (Å²) in [7, 11) is 3.90. The van der Waals surface area contributed by atoms with Crippen molar-refractivity contribution in [1.82, 2.24) is 29.1 Å². The first-order valence-electron chi connectivity index (χ1n) is 6.19. The summed E-state index contributed by atoms with van der Waals surface area (Å²) in [4.78, 5) is 16.3. The summed E-state index contributed by atoms with van der Waals surface area (Å²) in [6.45, 7) is 0. The van der Waals surface area contributed by atoms with Crippen LogP contribution in [-0.4, -0.2) is 29.1 Å². The maximum absolute atomic E-state index is 4.14. The molecule has 0 saturated heterocycles. The van der Waals surface area contributed by atoms with Crippen LogP contribution in [0.2, 0.25) is 0 Å². The van der Waals surface area contributed by atoms with E-state index in [0.717, 1.165) is 22.2 Å². The van der Waals surface area contributed by atoms with Crippen molar-refractivity contribution in [2.45, 2.75) is 0 Å². The molecule has 0 aliphatic heterocycles. The van der Waals surface area contributed by atoms with Crippen LogP contribution in [0, 0.1) is 0 Å². The molecule has 0 aliphatic rings. The van der Waals surface area contributed by atoms with Gasteiger partial charge in [0.1, 0.15) is 17.5 Å². The fourth-order valence-corrected chi connectivity index (χ4v) is 1.97. The number of aromatic nitrogens is 6. The van der Waals surface area contributed by atoms with Crippen molar-refractivity contribution in [2.24, 2.45) is 14.1 Å². The van der Waals surface area contributed by atoms with Crippen molar-refractivity contribution in [1.29, 1.82) is 0 Å². The zero-order valence-corrected chi connectivity index (χ0v) is 11.3. The second kappa shape index (κ2) is 5.08. The Labute approximate surface area is 115 Å². The Bertz CT molecular complexity index is 773. The van der Waals surface area contributed by atoms with Crippen LogP contribution in [0.15, 0.2) is 49.4 Å². The monoisotopic (exact) mass is 266 g/mol. The molecular formula is C14H14N6. The molecule has 0 spiro atoms. The fourth-order valence-electron chi connectivity index (χ4n) is 1.97. The van der Waals surface area contributed by atoms with Crippen LogP contribution in [-0.2, 0) is 14.1 Å². The largest absolute Gasteiger partial charge is 0.335 e. The molecule has 4 rings (SSSR count). The van der Waals surface area contributed by atoms with Crippen molar-refractivity contribution in [3.05, 3.63) is 49.4 Å². The first-order valence-corrected chi connectivity index (χ1v) is 6.19. The number of hydrogen-bond acceptors (Lipinski definition) is 4. The van der Waals surface area contributed by atoms with Crippen LogP contribution in [0.1, 0.15) is 0 Å². The average molecular weight is 266 g/mol. The summed E-state index contributed by atoms with van der Waals surface area (Å²) in [5, 5.41) is 1.09. The number of rotatable bonds is 0. The Balaban J connectivity index is 0.000000121. The van der Waals surface area contributed by atoms with E-state index in [9.17, 15) is 0 Å². The third-order valence-electron chi connectivity index (χ3n) is 3.00. The van der Waals surface area contributed by atoms with E-state index < -0.39 is 0 Å². The fraction of sp³-hybridized carbons (Fsp3) is 0.143. The van der Waals surface area contributed by atoms with E-state index in [2.05, 4.69) is 19.9 Å². The number of aryl methyl sites for hydroxylation is 2. The molecule has 0 radical (unpaired) electrons.